The van der Waals surface area contributed by atoms with Gasteiger partial charge in [-0.15, -0.1) is 0 Å². The van der Waals surface area contributed by atoms with Crippen LogP contribution in [0.5, 0.6) is 0 Å². The quantitative estimate of drug-likeness (QED) is 0.130. The summed E-state index contributed by atoms with van der Waals surface area (Å²) in [7, 11) is 0. The van der Waals surface area contributed by atoms with E-state index in [1.54, 1.807) is 0 Å². The van der Waals surface area contributed by atoms with Crippen molar-refractivity contribution in [3.63, 3.8) is 0 Å². The zero-order chi connectivity index (χ0) is 52.7. The largest absolute Gasteiger partial charge is 1.00 e. The molecule has 456 valence electrons. The van der Waals surface area contributed by atoms with Crippen molar-refractivity contribution in [1.82, 2.24) is 0 Å². The van der Waals surface area contributed by atoms with Gasteiger partial charge in [0.25, 0.3) is 0 Å². The molecule has 0 saturated carbocycles. The molecule has 1 aliphatic heterocycles. The van der Waals surface area contributed by atoms with E-state index in [1.807, 2.05) is 0 Å². The normalized spacial score (nSPS) is 19.0. The minimum Gasteiger partial charge on any atom is -1.00 e. The fourth-order valence-corrected chi connectivity index (χ4v) is 12.3. The highest BCUT2D eigenvalue weighted by molar-refractivity contribution is 5.07. The summed E-state index contributed by atoms with van der Waals surface area (Å²) in [5.41, 5.74) is 6.13. The molecule has 0 aliphatic carbocycles. The van der Waals surface area contributed by atoms with Crippen LogP contribution in [0.25, 0.3) is 0 Å². The molecule has 0 fully saturated rings. The van der Waals surface area contributed by atoms with Crippen LogP contribution < -0.4 is 114 Å². The third kappa shape index (κ3) is 42.4. The van der Waals surface area contributed by atoms with Gasteiger partial charge in [0.1, 0.15) is 26.2 Å². The van der Waals surface area contributed by atoms with E-state index in [-0.39, 0.29) is 95.9 Å². The highest BCUT2D eigenvalue weighted by Gasteiger charge is 2.09. The van der Waals surface area contributed by atoms with Gasteiger partial charge in [-0.25, -0.2) is 18.3 Å². The Kier molecular flexibility index (Phi) is 54.6. The van der Waals surface area contributed by atoms with E-state index < -0.39 is 0 Å². The fraction of sp³-hybridized carbons (Fsp3) is 0.722. The van der Waals surface area contributed by atoms with Crippen LogP contribution in [0.15, 0.2) is 98.1 Å². The summed E-state index contributed by atoms with van der Waals surface area (Å²) >= 11 is 0. The molecule has 0 saturated heterocycles. The van der Waals surface area contributed by atoms with Gasteiger partial charge in [-0.05, 0) is 101 Å². The molecule has 80 heavy (non-hydrogen) atoms. The van der Waals surface area contributed by atoms with Crippen LogP contribution in [-0.2, 0) is 51.9 Å². The zero-order valence-electron chi connectivity index (χ0n) is 51.3. The number of rotatable bonds is 0. The Morgan fingerprint density at radius 1 is 0.175 bits per heavy atom. The van der Waals surface area contributed by atoms with Crippen molar-refractivity contribution in [2.45, 2.75) is 334 Å². The van der Waals surface area contributed by atoms with Crippen molar-refractivity contribution in [2.24, 2.45) is 0 Å². The first-order valence-electron chi connectivity index (χ1n) is 33.7. The van der Waals surface area contributed by atoms with E-state index in [0.717, 1.165) is 0 Å². The molecule has 0 spiro atoms. The third-order valence-electron chi connectivity index (χ3n) is 17.2. The number of hydrogen-bond donors (Lipinski definition) is 0. The van der Waals surface area contributed by atoms with E-state index >= 15 is 0 Å². The molecule has 5 rings (SSSR count). The number of pyridine rings is 4. The minimum absolute atomic E-state index is 0. The van der Waals surface area contributed by atoms with Crippen molar-refractivity contribution < 1.29 is 114 Å². The molecule has 1 aliphatic rings. The van der Waals surface area contributed by atoms with Crippen LogP contribution in [0.2, 0.25) is 0 Å². The van der Waals surface area contributed by atoms with Crippen LogP contribution >= 0.6 is 0 Å². The fourth-order valence-electron chi connectivity index (χ4n) is 12.3. The molecule has 4 aromatic heterocycles. The van der Waals surface area contributed by atoms with E-state index in [0.29, 0.717) is 0 Å². The second kappa shape index (κ2) is 56.3. The standard InChI is InChI=1S/C72H120N4.4HI/c1-5-13-21-29-37-49-69-53-45-62-74(65-69)58-42-34-26-18-10-3-7-15-23-31-39-51-71-55-47-64-76(67-71)60-44-36-28-20-12-4-8-16-24-32-40-52-72-56-48-63-75(68-72)59-43-35-27-19-11-2-6-14-22-30-38-50-70-54-46-61-73(66-70)57-41-33-25-17-9-1;;;;/h45-48,53-56,61-68H,1-44,49-52,57-60H2;4*1H/q+4;;;;/p-4. The number of halogens is 4. The molecular weight excluding hydrogens is 1430 g/mol. The molecule has 0 amide bonds. The Morgan fingerprint density at radius 3 is 0.475 bits per heavy atom. The number of aryl methyl sites for hydroxylation is 8. The summed E-state index contributed by atoms with van der Waals surface area (Å²) in [5, 5.41) is 0. The second-order valence-electron chi connectivity index (χ2n) is 24.4. The first-order valence-corrected chi connectivity index (χ1v) is 33.7. The highest BCUT2D eigenvalue weighted by atomic mass is 127. The van der Waals surface area contributed by atoms with Crippen LogP contribution in [0.3, 0.4) is 0 Å². The molecule has 8 bridgehead atoms. The molecule has 0 N–H and O–H groups in total. The lowest BCUT2D eigenvalue weighted by molar-refractivity contribution is -0.697. The molecule has 0 radical (unpaired) electrons. The molecule has 5 heterocycles. The maximum atomic E-state index is 2.46. The molecule has 0 aromatic carbocycles. The van der Waals surface area contributed by atoms with Crippen LogP contribution in [0.4, 0.5) is 0 Å². The molecule has 0 atom stereocenters. The van der Waals surface area contributed by atoms with Gasteiger partial charge in [0.05, 0.1) is 0 Å². The average molecular weight is 1550 g/mol. The van der Waals surface area contributed by atoms with Gasteiger partial charge < -0.3 is 95.9 Å². The molecule has 4 nitrogen and oxygen atoms in total. The number of fused-ring (bicyclic) bond motifs is 8. The van der Waals surface area contributed by atoms with Crippen molar-refractivity contribution in [3.05, 3.63) is 120 Å². The van der Waals surface area contributed by atoms with Gasteiger partial charge in [0.15, 0.2) is 49.6 Å². The third-order valence-corrected chi connectivity index (χ3v) is 17.2. The van der Waals surface area contributed by atoms with Crippen molar-refractivity contribution in [2.75, 3.05) is 0 Å². The predicted molar refractivity (Wildman–Crippen MR) is 325 cm³/mol. The topological polar surface area (TPSA) is 15.5 Å². The lowest BCUT2D eigenvalue weighted by atomic mass is 10.0. The van der Waals surface area contributed by atoms with E-state index in [1.165, 1.54) is 357 Å². The molecular formula is C72H120I4N4. The Morgan fingerprint density at radius 2 is 0.312 bits per heavy atom. The van der Waals surface area contributed by atoms with Gasteiger partial charge in [-0.3, -0.25) is 0 Å². The van der Waals surface area contributed by atoms with Gasteiger partial charge in [-0.2, -0.15) is 0 Å². The number of aromatic nitrogens is 4. The zero-order valence-corrected chi connectivity index (χ0v) is 59.9. The maximum Gasteiger partial charge on any atom is 0.171 e. The molecule has 4 aromatic rings. The summed E-state index contributed by atoms with van der Waals surface area (Å²) in [6, 6.07) is 18.5. The van der Waals surface area contributed by atoms with Gasteiger partial charge in [0.2, 0.25) is 0 Å². The minimum atomic E-state index is 0. The van der Waals surface area contributed by atoms with E-state index in [2.05, 4.69) is 116 Å². The average Bonchev–Trinajstić information content (AvgIpc) is 3.44. The summed E-state index contributed by atoms with van der Waals surface area (Å²) in [6.45, 7) is 4.73. The van der Waals surface area contributed by atoms with Crippen LogP contribution in [-0.4, -0.2) is 0 Å². The lowest BCUT2D eigenvalue weighted by Crippen LogP contribution is -3.00. The summed E-state index contributed by atoms with van der Waals surface area (Å²) in [5.74, 6) is 0. The Hall–Kier alpha value is -0.480. The van der Waals surface area contributed by atoms with Gasteiger partial charge in [-0.1, -0.05) is 205 Å². The Labute approximate surface area is 563 Å². The molecule has 0 unspecified atom stereocenters. The lowest BCUT2D eigenvalue weighted by Gasteiger charge is -2.05. The number of nitrogens with zero attached hydrogens (tertiary/aromatic N) is 4. The van der Waals surface area contributed by atoms with Crippen LogP contribution in [0.1, 0.15) is 305 Å². The summed E-state index contributed by atoms with van der Waals surface area (Å²) < 4.78 is 9.85. The van der Waals surface area contributed by atoms with E-state index in [9.17, 15) is 0 Å². The first-order chi connectivity index (χ1) is 37.8. The monoisotopic (exact) mass is 1550 g/mol. The smallest absolute Gasteiger partial charge is 0.171 e. The molecule has 8 heteroatoms. The van der Waals surface area contributed by atoms with Gasteiger partial charge >= 0.3 is 0 Å². The maximum absolute atomic E-state index is 2.46. The summed E-state index contributed by atoms with van der Waals surface area (Å²) in [4.78, 5) is 0. The highest BCUT2D eigenvalue weighted by Crippen LogP contribution is 2.18. The Bertz CT molecular complexity index is 1570. The first kappa shape index (κ1) is 77.5. The van der Waals surface area contributed by atoms with Crippen molar-refractivity contribution >= 4 is 0 Å². The van der Waals surface area contributed by atoms with Crippen LogP contribution in [0, 0.1) is 0 Å². The van der Waals surface area contributed by atoms with Gasteiger partial charge in [0, 0.05) is 72.2 Å². The van der Waals surface area contributed by atoms with Crippen molar-refractivity contribution in [3.8, 4) is 0 Å². The predicted octanol–water partition coefficient (Wildman–Crippen LogP) is 7.30. The SMILES string of the molecule is [I-].[I-].[I-].[I-].c1cc2c[n+](c1)CCCCCCCCCCCCCc1ccc[n+](c1)CCCCCCCCCCCCCc1ccc[n+](c1)CCCCCCCCCCCCCc1ccc[n+](c1)CCCCCCCCCCCCC2. The van der Waals surface area contributed by atoms with E-state index in [4.69, 9.17) is 0 Å². The number of hydrogen-bond acceptors (Lipinski definition) is 0. The second-order valence-corrected chi connectivity index (χ2v) is 24.4. The Balaban J connectivity index is 0.00000800. The summed E-state index contributed by atoms with van der Waals surface area (Å²) in [6.07, 6.45) is 85.4. The van der Waals surface area contributed by atoms with Crippen molar-refractivity contribution in [1.29, 1.82) is 0 Å².